The third kappa shape index (κ3) is 1.24. The molecule has 0 aliphatic rings. The van der Waals surface area contributed by atoms with Gasteiger partial charge in [0.2, 0.25) is 0 Å². The highest BCUT2D eigenvalue weighted by Gasteiger charge is 2.08. The topological polar surface area (TPSA) is 41.8 Å². The first-order valence-electron chi connectivity index (χ1n) is 4.83. The minimum absolute atomic E-state index is 0.903. The van der Waals surface area contributed by atoms with Gasteiger partial charge in [0.15, 0.2) is 0 Å². The van der Waals surface area contributed by atoms with Crippen molar-refractivity contribution in [2.45, 2.75) is 6.92 Å². The average molecular weight is 198 g/mol. The first kappa shape index (κ1) is 8.29. The number of benzene rings is 1. The molecule has 0 spiro atoms. The van der Waals surface area contributed by atoms with Crippen molar-refractivity contribution >= 4 is 11.0 Å². The number of aromatic nitrogens is 2. The number of aromatic amines is 1. The lowest BCUT2D eigenvalue weighted by Gasteiger charge is -1.92. The Morgan fingerprint density at radius 3 is 2.93 bits per heavy atom. The van der Waals surface area contributed by atoms with Gasteiger partial charge >= 0.3 is 0 Å². The second-order valence-electron chi connectivity index (χ2n) is 3.53. The summed E-state index contributed by atoms with van der Waals surface area (Å²) in [5.74, 6) is 0.912. The monoisotopic (exact) mass is 198 g/mol. The van der Waals surface area contributed by atoms with Gasteiger partial charge in [0.1, 0.15) is 17.7 Å². The zero-order valence-corrected chi connectivity index (χ0v) is 8.32. The van der Waals surface area contributed by atoms with Crippen molar-refractivity contribution in [1.29, 1.82) is 0 Å². The molecule has 3 nitrogen and oxygen atoms in total. The van der Waals surface area contributed by atoms with E-state index < -0.39 is 0 Å². The molecule has 0 bridgehead atoms. The van der Waals surface area contributed by atoms with Crippen LogP contribution in [0.3, 0.4) is 0 Å². The first-order valence-corrected chi connectivity index (χ1v) is 4.83. The number of para-hydroxylation sites is 1. The van der Waals surface area contributed by atoms with Crippen molar-refractivity contribution in [3.05, 3.63) is 42.5 Å². The predicted octanol–water partition coefficient (Wildman–Crippen LogP) is 3.13. The second kappa shape index (κ2) is 2.98. The van der Waals surface area contributed by atoms with E-state index in [2.05, 4.69) is 9.97 Å². The van der Waals surface area contributed by atoms with E-state index in [0.29, 0.717) is 0 Å². The number of H-pyrrole nitrogens is 1. The molecule has 0 saturated carbocycles. The van der Waals surface area contributed by atoms with Crippen LogP contribution in [0.1, 0.15) is 5.82 Å². The maximum Gasteiger partial charge on any atom is 0.134 e. The molecule has 0 saturated heterocycles. The van der Waals surface area contributed by atoms with Crippen LogP contribution in [0, 0.1) is 6.92 Å². The lowest BCUT2D eigenvalue weighted by molar-refractivity contribution is 0.617. The van der Waals surface area contributed by atoms with Crippen LogP contribution in [0.15, 0.2) is 41.1 Å². The van der Waals surface area contributed by atoms with Gasteiger partial charge in [0, 0.05) is 10.9 Å². The molecule has 1 N–H and O–H groups in total. The van der Waals surface area contributed by atoms with Gasteiger partial charge < -0.3 is 9.40 Å². The van der Waals surface area contributed by atoms with E-state index in [1.54, 1.807) is 6.26 Å². The zero-order valence-electron chi connectivity index (χ0n) is 8.32. The molecule has 15 heavy (non-hydrogen) atoms. The number of hydrogen-bond acceptors (Lipinski definition) is 2. The third-order valence-electron chi connectivity index (χ3n) is 2.47. The molecule has 3 aromatic rings. The smallest absolute Gasteiger partial charge is 0.134 e. The van der Waals surface area contributed by atoms with Gasteiger partial charge in [-0.2, -0.15) is 0 Å². The van der Waals surface area contributed by atoms with Crippen LogP contribution in [0.25, 0.3) is 22.2 Å². The molecule has 3 rings (SSSR count). The molecule has 0 aliphatic carbocycles. The summed E-state index contributed by atoms with van der Waals surface area (Å²) in [4.78, 5) is 7.38. The lowest BCUT2D eigenvalue weighted by Crippen LogP contribution is -1.75. The predicted molar refractivity (Wildman–Crippen MR) is 58.5 cm³/mol. The van der Waals surface area contributed by atoms with E-state index in [0.717, 1.165) is 28.1 Å². The molecule has 2 aromatic heterocycles. The summed E-state index contributed by atoms with van der Waals surface area (Å²) in [5, 5.41) is 1.11. The fraction of sp³-hybridized carbons (Fsp3) is 0.0833. The van der Waals surface area contributed by atoms with Crippen LogP contribution in [-0.4, -0.2) is 9.97 Å². The third-order valence-corrected chi connectivity index (χ3v) is 2.47. The number of rotatable bonds is 1. The maximum absolute atomic E-state index is 5.46. The van der Waals surface area contributed by atoms with E-state index in [1.807, 2.05) is 37.4 Å². The molecular weight excluding hydrogens is 188 g/mol. The average Bonchev–Trinajstić information content (AvgIpc) is 2.83. The SMILES string of the molecule is Cc1ncc(-c2coc3ccccc23)[nH]1. The van der Waals surface area contributed by atoms with E-state index in [-0.39, 0.29) is 0 Å². The van der Waals surface area contributed by atoms with Gasteiger partial charge in [-0.05, 0) is 13.0 Å². The Morgan fingerprint density at radius 1 is 1.27 bits per heavy atom. The molecule has 3 heteroatoms. The quantitative estimate of drug-likeness (QED) is 0.652. The van der Waals surface area contributed by atoms with Crippen molar-refractivity contribution in [2.24, 2.45) is 0 Å². The van der Waals surface area contributed by atoms with Gasteiger partial charge in [0.25, 0.3) is 0 Å². The van der Waals surface area contributed by atoms with Crippen molar-refractivity contribution in [2.75, 3.05) is 0 Å². The number of imidazole rings is 1. The largest absolute Gasteiger partial charge is 0.464 e. The van der Waals surface area contributed by atoms with E-state index in [1.165, 1.54) is 0 Å². The highest BCUT2D eigenvalue weighted by atomic mass is 16.3. The first-order chi connectivity index (χ1) is 7.34. The fourth-order valence-electron chi connectivity index (χ4n) is 1.74. The molecule has 0 aliphatic heterocycles. The maximum atomic E-state index is 5.46. The minimum atomic E-state index is 0.903. The van der Waals surface area contributed by atoms with Gasteiger partial charge in [-0.25, -0.2) is 4.98 Å². The Kier molecular flexibility index (Phi) is 1.65. The van der Waals surface area contributed by atoms with Gasteiger partial charge in [-0.15, -0.1) is 0 Å². The summed E-state index contributed by atoms with van der Waals surface area (Å²) >= 11 is 0. The molecule has 1 aromatic carbocycles. The van der Waals surface area contributed by atoms with Crippen molar-refractivity contribution < 1.29 is 4.42 Å². The summed E-state index contributed by atoms with van der Waals surface area (Å²) in [5.41, 5.74) is 2.96. The molecule has 0 unspecified atom stereocenters. The Bertz CT molecular complexity index is 607. The summed E-state index contributed by atoms with van der Waals surface area (Å²) in [7, 11) is 0. The van der Waals surface area contributed by atoms with E-state index in [4.69, 9.17) is 4.42 Å². The summed E-state index contributed by atoms with van der Waals surface area (Å²) in [6, 6.07) is 7.98. The molecule has 0 fully saturated rings. The number of fused-ring (bicyclic) bond motifs is 1. The molecular formula is C12H10N2O. The normalized spacial score (nSPS) is 11.0. The molecule has 0 radical (unpaired) electrons. The van der Waals surface area contributed by atoms with Crippen molar-refractivity contribution in [3.8, 4) is 11.3 Å². The Labute approximate surface area is 86.8 Å². The van der Waals surface area contributed by atoms with Gasteiger partial charge in [0.05, 0.1) is 11.9 Å². The Morgan fingerprint density at radius 2 is 2.13 bits per heavy atom. The standard InChI is InChI=1S/C12H10N2O/c1-8-13-6-11(14-8)10-7-15-12-5-3-2-4-9(10)12/h2-7H,1H3,(H,13,14). The number of furan rings is 1. The van der Waals surface area contributed by atoms with Crippen LogP contribution < -0.4 is 0 Å². The van der Waals surface area contributed by atoms with Gasteiger partial charge in [-0.3, -0.25) is 0 Å². The lowest BCUT2D eigenvalue weighted by atomic mass is 10.1. The summed E-state index contributed by atoms with van der Waals surface area (Å²) in [6.07, 6.45) is 3.59. The molecule has 74 valence electrons. The number of nitrogens with zero attached hydrogens (tertiary/aromatic N) is 1. The zero-order chi connectivity index (χ0) is 10.3. The van der Waals surface area contributed by atoms with E-state index >= 15 is 0 Å². The molecule has 0 atom stereocenters. The number of aryl methyl sites for hydroxylation is 1. The second-order valence-corrected chi connectivity index (χ2v) is 3.53. The van der Waals surface area contributed by atoms with Crippen LogP contribution in [0.5, 0.6) is 0 Å². The van der Waals surface area contributed by atoms with Crippen LogP contribution in [0.4, 0.5) is 0 Å². The molecule has 2 heterocycles. The van der Waals surface area contributed by atoms with Crippen molar-refractivity contribution in [3.63, 3.8) is 0 Å². The van der Waals surface area contributed by atoms with Crippen molar-refractivity contribution in [1.82, 2.24) is 9.97 Å². The summed E-state index contributed by atoms with van der Waals surface area (Å²) in [6.45, 7) is 1.94. The Hall–Kier alpha value is -2.03. The summed E-state index contributed by atoms with van der Waals surface area (Å²) < 4.78 is 5.46. The van der Waals surface area contributed by atoms with Gasteiger partial charge in [-0.1, -0.05) is 18.2 Å². The Balaban J connectivity index is 2.27. The van der Waals surface area contributed by atoms with Crippen LogP contribution in [-0.2, 0) is 0 Å². The highest BCUT2D eigenvalue weighted by molar-refractivity contribution is 5.92. The fourth-order valence-corrected chi connectivity index (χ4v) is 1.74. The van der Waals surface area contributed by atoms with E-state index in [9.17, 15) is 0 Å². The van der Waals surface area contributed by atoms with Crippen LogP contribution in [0.2, 0.25) is 0 Å². The number of hydrogen-bond donors (Lipinski definition) is 1. The molecule has 0 amide bonds. The minimum Gasteiger partial charge on any atom is -0.464 e. The highest BCUT2D eigenvalue weighted by Crippen LogP contribution is 2.28. The van der Waals surface area contributed by atoms with Crippen LogP contribution >= 0.6 is 0 Å². The number of nitrogens with one attached hydrogen (secondary N) is 1.